The molecule has 4 fully saturated rings. The SMILES string of the molecule is C=CC(=O)Nc1cc(Nc2cc(N3OCC[C@@H]3c3c(F)ccc(F)c3Cl)ncn2)c(OC)cc1N1CCC(N2CCN(C3CC3)CC2)CC1. The summed E-state index contributed by atoms with van der Waals surface area (Å²) in [6.07, 6.45) is 7.74. The van der Waals surface area contributed by atoms with E-state index in [0.29, 0.717) is 41.2 Å². The van der Waals surface area contributed by atoms with Crippen molar-refractivity contribution in [1.29, 1.82) is 0 Å². The Bertz CT molecular complexity index is 1700. The van der Waals surface area contributed by atoms with Gasteiger partial charge in [-0.2, -0.15) is 0 Å². The van der Waals surface area contributed by atoms with Crippen LogP contribution in [0.3, 0.4) is 0 Å². The monoisotopic (exact) mass is 694 g/mol. The van der Waals surface area contributed by atoms with Crippen LogP contribution in [0.4, 0.5) is 37.5 Å². The lowest BCUT2D eigenvalue weighted by atomic mass is 10.0. The highest BCUT2D eigenvalue weighted by Gasteiger charge is 2.35. The molecule has 0 spiro atoms. The maximum absolute atomic E-state index is 14.9. The standard InChI is InChI=1S/C35H41ClF2N8O3/c1-3-33(47)42-26-18-27(30(48-2)19-29(26)45-11-8-23(9-12-45)44-15-13-43(14-16-44)22-4-5-22)41-31-20-32(40-21-39-31)46-28(10-17-49-46)34-24(37)6-7-25(38)35(34)36/h3,6-7,18-23,28H,1,4-5,8-17H2,2H3,(H,42,47)(H,39,40,41)/t28-/m1/s1. The molecule has 0 radical (unpaired) electrons. The highest BCUT2D eigenvalue weighted by Crippen LogP contribution is 2.42. The molecule has 1 atom stereocenters. The summed E-state index contributed by atoms with van der Waals surface area (Å²) in [7, 11) is 1.59. The number of carbonyl (C=O) groups excluding carboxylic acids is 1. The highest BCUT2D eigenvalue weighted by atomic mass is 35.5. The lowest BCUT2D eigenvalue weighted by Crippen LogP contribution is -2.53. The van der Waals surface area contributed by atoms with Gasteiger partial charge in [-0.05, 0) is 50.0 Å². The molecule has 3 aliphatic heterocycles. The van der Waals surface area contributed by atoms with E-state index >= 15 is 0 Å². The van der Waals surface area contributed by atoms with E-state index in [0.717, 1.165) is 76.0 Å². The van der Waals surface area contributed by atoms with Gasteiger partial charge in [-0.3, -0.25) is 19.4 Å². The van der Waals surface area contributed by atoms with Gasteiger partial charge in [0, 0.05) is 75.5 Å². The van der Waals surface area contributed by atoms with Crippen LogP contribution in [0.15, 0.2) is 49.3 Å². The van der Waals surface area contributed by atoms with Crippen molar-refractivity contribution in [3.63, 3.8) is 0 Å². The van der Waals surface area contributed by atoms with Crippen LogP contribution in [-0.4, -0.2) is 90.7 Å². The minimum atomic E-state index is -0.712. The molecule has 260 valence electrons. The van der Waals surface area contributed by atoms with E-state index in [9.17, 15) is 13.6 Å². The molecule has 3 saturated heterocycles. The Morgan fingerprint density at radius 1 is 0.959 bits per heavy atom. The summed E-state index contributed by atoms with van der Waals surface area (Å²) in [4.78, 5) is 34.7. The largest absolute Gasteiger partial charge is 0.494 e. The summed E-state index contributed by atoms with van der Waals surface area (Å²) in [5.74, 6) is -0.405. The van der Waals surface area contributed by atoms with Gasteiger partial charge in [0.05, 0.1) is 41.8 Å². The fraction of sp³-hybridized carbons (Fsp3) is 0.457. The van der Waals surface area contributed by atoms with Crippen molar-refractivity contribution in [2.75, 3.05) is 73.6 Å². The predicted octanol–water partition coefficient (Wildman–Crippen LogP) is 5.92. The van der Waals surface area contributed by atoms with Gasteiger partial charge in [0.1, 0.15) is 29.5 Å². The Hall–Kier alpha value is -4.04. The highest BCUT2D eigenvalue weighted by molar-refractivity contribution is 6.31. The van der Waals surface area contributed by atoms with Gasteiger partial charge in [0.2, 0.25) is 5.91 Å². The minimum absolute atomic E-state index is 0.00679. The van der Waals surface area contributed by atoms with Crippen molar-refractivity contribution >= 4 is 46.2 Å². The van der Waals surface area contributed by atoms with Crippen LogP contribution in [0.25, 0.3) is 0 Å². The number of nitrogens with zero attached hydrogens (tertiary/aromatic N) is 6. The van der Waals surface area contributed by atoms with Gasteiger partial charge in [-0.25, -0.2) is 23.8 Å². The first kappa shape index (κ1) is 33.5. The van der Waals surface area contributed by atoms with Gasteiger partial charge in [-0.1, -0.05) is 18.2 Å². The first-order chi connectivity index (χ1) is 23.8. The van der Waals surface area contributed by atoms with E-state index in [1.165, 1.54) is 30.3 Å². The molecule has 14 heteroatoms. The van der Waals surface area contributed by atoms with E-state index in [1.807, 2.05) is 12.1 Å². The van der Waals surface area contributed by atoms with Crippen LogP contribution in [0.5, 0.6) is 5.75 Å². The van der Waals surface area contributed by atoms with Crippen molar-refractivity contribution in [3.05, 3.63) is 71.5 Å². The second-order valence-electron chi connectivity index (χ2n) is 12.9. The van der Waals surface area contributed by atoms with E-state index in [-0.39, 0.29) is 23.1 Å². The third-order valence-corrected chi connectivity index (χ3v) is 10.3. The van der Waals surface area contributed by atoms with Crippen LogP contribution in [0, 0.1) is 11.6 Å². The van der Waals surface area contributed by atoms with E-state index in [1.54, 1.807) is 13.2 Å². The van der Waals surface area contributed by atoms with Crippen LogP contribution < -0.4 is 25.3 Å². The van der Waals surface area contributed by atoms with Gasteiger partial charge in [0.25, 0.3) is 0 Å². The Balaban J connectivity index is 1.09. The quantitative estimate of drug-likeness (QED) is 0.197. The van der Waals surface area contributed by atoms with Crippen LogP contribution in [0.1, 0.15) is 43.7 Å². The fourth-order valence-corrected chi connectivity index (χ4v) is 7.52. The molecule has 4 heterocycles. The molecule has 1 aliphatic carbocycles. The van der Waals surface area contributed by atoms with E-state index in [2.05, 4.69) is 41.9 Å². The Morgan fingerprint density at radius 3 is 2.33 bits per heavy atom. The average molecular weight is 695 g/mol. The number of hydrogen-bond acceptors (Lipinski definition) is 10. The zero-order valence-electron chi connectivity index (χ0n) is 27.5. The minimum Gasteiger partial charge on any atom is -0.494 e. The fourth-order valence-electron chi connectivity index (χ4n) is 7.24. The number of piperidine rings is 1. The van der Waals surface area contributed by atoms with E-state index in [4.69, 9.17) is 21.2 Å². The lowest BCUT2D eigenvalue weighted by molar-refractivity contribution is -0.111. The second kappa shape index (κ2) is 14.4. The summed E-state index contributed by atoms with van der Waals surface area (Å²) in [5, 5.41) is 7.38. The Morgan fingerprint density at radius 2 is 1.65 bits per heavy atom. The molecule has 3 aromatic rings. The van der Waals surface area contributed by atoms with Gasteiger partial charge in [0.15, 0.2) is 5.82 Å². The first-order valence-electron chi connectivity index (χ1n) is 16.9. The summed E-state index contributed by atoms with van der Waals surface area (Å²) in [6.45, 7) is 10.2. The normalized spacial score (nSPS) is 20.8. The topological polar surface area (TPSA) is 98.3 Å². The molecule has 7 rings (SSSR count). The molecular weight excluding hydrogens is 654 g/mol. The molecule has 0 unspecified atom stereocenters. The van der Waals surface area contributed by atoms with E-state index < -0.39 is 17.7 Å². The number of nitrogens with one attached hydrogen (secondary N) is 2. The first-order valence-corrected chi connectivity index (χ1v) is 17.2. The van der Waals surface area contributed by atoms with Crippen LogP contribution in [-0.2, 0) is 9.63 Å². The molecule has 49 heavy (non-hydrogen) atoms. The smallest absolute Gasteiger partial charge is 0.247 e. The van der Waals surface area contributed by atoms with Crippen molar-refractivity contribution < 1.29 is 23.1 Å². The zero-order chi connectivity index (χ0) is 34.1. The number of amides is 1. The molecule has 1 amide bonds. The maximum Gasteiger partial charge on any atom is 0.247 e. The van der Waals surface area contributed by atoms with Gasteiger partial charge < -0.3 is 20.3 Å². The number of piperazine rings is 1. The number of halogens is 3. The number of methoxy groups -OCH3 is 1. The lowest BCUT2D eigenvalue weighted by Gasteiger charge is -2.43. The summed E-state index contributed by atoms with van der Waals surface area (Å²) in [5.41, 5.74) is 2.03. The van der Waals surface area contributed by atoms with Crippen molar-refractivity contribution in [2.24, 2.45) is 0 Å². The predicted molar refractivity (Wildman–Crippen MR) is 186 cm³/mol. The third-order valence-electron chi connectivity index (χ3n) is 9.95. The number of anilines is 5. The molecule has 4 aliphatic rings. The van der Waals surface area contributed by atoms with Gasteiger partial charge >= 0.3 is 0 Å². The van der Waals surface area contributed by atoms with Crippen LogP contribution in [0.2, 0.25) is 5.02 Å². The van der Waals surface area contributed by atoms with Gasteiger partial charge in [-0.15, -0.1) is 0 Å². The zero-order valence-corrected chi connectivity index (χ0v) is 28.3. The number of hydrogen-bond donors (Lipinski definition) is 2. The Kier molecular flexibility index (Phi) is 9.86. The number of ether oxygens (including phenoxy) is 1. The third kappa shape index (κ3) is 7.16. The number of carbonyl (C=O) groups is 1. The van der Waals surface area contributed by atoms with Crippen molar-refractivity contribution in [2.45, 2.75) is 50.2 Å². The molecule has 2 aromatic carbocycles. The molecule has 1 aromatic heterocycles. The summed E-state index contributed by atoms with van der Waals surface area (Å²) >= 11 is 6.19. The number of rotatable bonds is 10. The molecule has 11 nitrogen and oxygen atoms in total. The summed E-state index contributed by atoms with van der Waals surface area (Å²) in [6, 6.07) is 8.09. The Labute approximate surface area is 289 Å². The molecule has 2 N–H and O–H groups in total. The number of hydroxylamine groups is 1. The molecular formula is C35H41ClF2N8O3. The molecule has 1 saturated carbocycles. The average Bonchev–Trinajstić information content (AvgIpc) is 3.87. The maximum atomic E-state index is 14.9. The van der Waals surface area contributed by atoms with Crippen molar-refractivity contribution in [3.8, 4) is 5.75 Å². The summed E-state index contributed by atoms with van der Waals surface area (Å²) < 4.78 is 35.0. The van der Waals surface area contributed by atoms with Crippen LogP contribution >= 0.6 is 11.6 Å². The van der Waals surface area contributed by atoms with Crippen molar-refractivity contribution in [1.82, 2.24) is 19.8 Å². The second-order valence-corrected chi connectivity index (χ2v) is 13.3. The number of benzene rings is 2. The molecule has 0 bridgehead atoms. The number of aromatic nitrogens is 2.